The molecular formula is C17H18FN3. The highest BCUT2D eigenvalue weighted by atomic mass is 19.1. The number of nitrogen functional groups attached to an aromatic ring is 1. The molecule has 1 aliphatic carbocycles. The second kappa shape index (κ2) is 5.56. The van der Waals surface area contributed by atoms with Crippen LogP contribution < -0.4 is 11.1 Å². The maximum atomic E-state index is 13.1. The van der Waals surface area contributed by atoms with Crippen LogP contribution in [0.2, 0.25) is 0 Å². The number of hydrogen-bond donors (Lipinski definition) is 3. The van der Waals surface area contributed by atoms with E-state index < -0.39 is 0 Å². The molecule has 21 heavy (non-hydrogen) atoms. The first kappa shape index (κ1) is 13.6. The lowest BCUT2D eigenvalue weighted by atomic mass is 10.0. The fourth-order valence-electron chi connectivity index (χ4n) is 2.38. The molecule has 0 heterocycles. The van der Waals surface area contributed by atoms with Gasteiger partial charge < -0.3 is 16.5 Å². The molecule has 0 saturated heterocycles. The zero-order chi connectivity index (χ0) is 14.8. The van der Waals surface area contributed by atoms with Gasteiger partial charge in [0, 0.05) is 35.3 Å². The Bertz CT molecular complexity index is 678. The molecule has 0 spiro atoms. The van der Waals surface area contributed by atoms with Gasteiger partial charge in [-0.05, 0) is 54.7 Å². The molecule has 4 N–H and O–H groups in total. The van der Waals surface area contributed by atoms with Crippen LogP contribution in [-0.4, -0.2) is 12.8 Å². The normalized spacial score (nSPS) is 14.0. The van der Waals surface area contributed by atoms with Crippen LogP contribution in [0.5, 0.6) is 0 Å². The number of rotatable bonds is 5. The van der Waals surface area contributed by atoms with Gasteiger partial charge in [0.1, 0.15) is 5.82 Å². The van der Waals surface area contributed by atoms with Crippen LogP contribution in [0.25, 0.3) is 11.1 Å². The van der Waals surface area contributed by atoms with Crippen molar-refractivity contribution < 1.29 is 4.39 Å². The molecule has 4 heteroatoms. The fraction of sp³-hybridized carbons (Fsp3) is 0.235. The molecule has 3 rings (SSSR count). The molecule has 108 valence electrons. The summed E-state index contributed by atoms with van der Waals surface area (Å²) in [5.41, 5.74) is 9.74. The third-order valence-corrected chi connectivity index (χ3v) is 3.81. The number of nitrogens with two attached hydrogens (primary N) is 1. The average Bonchev–Trinajstić information content (AvgIpc) is 3.29. The average molecular weight is 283 g/mol. The standard InChI is InChI=1S/C17H18FN3/c18-14-4-5-15(16(20)8-14)12-3-6-17(13(7-12)9-19)21-10-11-1-2-11/h3-9,11,19,21H,1-2,10,20H2. The summed E-state index contributed by atoms with van der Waals surface area (Å²) in [5.74, 6) is 0.433. The lowest BCUT2D eigenvalue weighted by Crippen LogP contribution is -2.05. The predicted octanol–water partition coefficient (Wildman–Crippen LogP) is 3.89. The van der Waals surface area contributed by atoms with Gasteiger partial charge in [-0.25, -0.2) is 4.39 Å². The van der Waals surface area contributed by atoms with Crippen molar-refractivity contribution >= 4 is 17.6 Å². The highest BCUT2D eigenvalue weighted by Gasteiger charge is 2.20. The van der Waals surface area contributed by atoms with Gasteiger partial charge in [0.15, 0.2) is 0 Å². The van der Waals surface area contributed by atoms with Gasteiger partial charge in [-0.1, -0.05) is 6.07 Å². The van der Waals surface area contributed by atoms with Crippen molar-refractivity contribution in [3.05, 3.63) is 47.8 Å². The van der Waals surface area contributed by atoms with Crippen LogP contribution in [0, 0.1) is 17.1 Å². The van der Waals surface area contributed by atoms with Crippen molar-refractivity contribution in [2.75, 3.05) is 17.6 Å². The lowest BCUT2D eigenvalue weighted by Gasteiger charge is -2.12. The number of halogens is 1. The summed E-state index contributed by atoms with van der Waals surface area (Å²) < 4.78 is 13.1. The summed E-state index contributed by atoms with van der Waals surface area (Å²) in [5, 5.41) is 11.0. The molecule has 2 aromatic rings. The first-order valence-electron chi connectivity index (χ1n) is 7.11. The van der Waals surface area contributed by atoms with Crippen molar-refractivity contribution in [2.24, 2.45) is 5.92 Å². The van der Waals surface area contributed by atoms with E-state index in [9.17, 15) is 4.39 Å². The minimum atomic E-state index is -0.341. The largest absolute Gasteiger partial charge is 0.398 e. The third kappa shape index (κ3) is 3.05. The lowest BCUT2D eigenvalue weighted by molar-refractivity contribution is 0.628. The fourth-order valence-corrected chi connectivity index (χ4v) is 2.38. The van der Waals surface area contributed by atoms with Crippen molar-refractivity contribution in [1.29, 1.82) is 5.41 Å². The summed E-state index contributed by atoms with van der Waals surface area (Å²) in [4.78, 5) is 0. The molecule has 1 saturated carbocycles. The van der Waals surface area contributed by atoms with Gasteiger partial charge in [0.05, 0.1) is 0 Å². The Hall–Kier alpha value is -2.36. The Labute approximate surface area is 123 Å². The van der Waals surface area contributed by atoms with Crippen molar-refractivity contribution in [1.82, 2.24) is 0 Å². The van der Waals surface area contributed by atoms with Crippen molar-refractivity contribution in [3.8, 4) is 11.1 Å². The second-order valence-electron chi connectivity index (χ2n) is 5.50. The first-order chi connectivity index (χ1) is 10.2. The molecule has 2 aromatic carbocycles. The van der Waals surface area contributed by atoms with Crippen LogP contribution in [0.3, 0.4) is 0 Å². The maximum Gasteiger partial charge on any atom is 0.125 e. The molecule has 0 aliphatic heterocycles. The number of benzene rings is 2. The maximum absolute atomic E-state index is 13.1. The van der Waals surface area contributed by atoms with E-state index in [0.29, 0.717) is 5.69 Å². The SMILES string of the molecule is N=Cc1cc(-c2ccc(F)cc2N)ccc1NCC1CC1. The highest BCUT2D eigenvalue weighted by Crippen LogP contribution is 2.31. The van der Waals surface area contributed by atoms with E-state index in [1.165, 1.54) is 31.2 Å². The van der Waals surface area contributed by atoms with Crippen LogP contribution in [-0.2, 0) is 0 Å². The van der Waals surface area contributed by atoms with Gasteiger partial charge in [-0.15, -0.1) is 0 Å². The number of hydrogen-bond acceptors (Lipinski definition) is 3. The molecule has 0 unspecified atom stereocenters. The zero-order valence-corrected chi connectivity index (χ0v) is 11.7. The van der Waals surface area contributed by atoms with Gasteiger partial charge in [-0.3, -0.25) is 0 Å². The molecular weight excluding hydrogens is 265 g/mol. The van der Waals surface area contributed by atoms with E-state index in [1.54, 1.807) is 6.07 Å². The minimum absolute atomic E-state index is 0.341. The summed E-state index contributed by atoms with van der Waals surface area (Å²) in [6, 6.07) is 10.2. The smallest absolute Gasteiger partial charge is 0.125 e. The topological polar surface area (TPSA) is 61.9 Å². The molecule has 0 bridgehead atoms. The van der Waals surface area contributed by atoms with Crippen molar-refractivity contribution in [3.63, 3.8) is 0 Å². The Morgan fingerprint density at radius 2 is 2.05 bits per heavy atom. The van der Waals surface area contributed by atoms with E-state index in [2.05, 4.69) is 5.32 Å². The molecule has 0 aromatic heterocycles. The van der Waals surface area contributed by atoms with Crippen LogP contribution in [0.4, 0.5) is 15.8 Å². The van der Waals surface area contributed by atoms with Gasteiger partial charge in [0.2, 0.25) is 0 Å². The van der Waals surface area contributed by atoms with Gasteiger partial charge in [0.25, 0.3) is 0 Å². The third-order valence-electron chi connectivity index (χ3n) is 3.81. The molecule has 0 atom stereocenters. The Balaban J connectivity index is 1.90. The van der Waals surface area contributed by atoms with Gasteiger partial charge in [-0.2, -0.15) is 0 Å². The molecule has 0 amide bonds. The first-order valence-corrected chi connectivity index (χ1v) is 7.11. The van der Waals surface area contributed by atoms with Crippen molar-refractivity contribution in [2.45, 2.75) is 12.8 Å². The van der Waals surface area contributed by atoms with Gasteiger partial charge >= 0.3 is 0 Å². The summed E-state index contributed by atoms with van der Waals surface area (Å²) in [7, 11) is 0. The van der Waals surface area contributed by atoms with E-state index in [-0.39, 0.29) is 5.82 Å². The van der Waals surface area contributed by atoms with Crippen LogP contribution >= 0.6 is 0 Å². The zero-order valence-electron chi connectivity index (χ0n) is 11.7. The molecule has 0 radical (unpaired) electrons. The second-order valence-corrected chi connectivity index (χ2v) is 5.50. The minimum Gasteiger partial charge on any atom is -0.398 e. The monoisotopic (exact) mass is 283 g/mol. The van der Waals surface area contributed by atoms with Crippen LogP contribution in [0.1, 0.15) is 18.4 Å². The number of nitrogens with one attached hydrogen (secondary N) is 2. The summed E-state index contributed by atoms with van der Waals surface area (Å²) in [6.07, 6.45) is 3.91. The van der Waals surface area contributed by atoms with E-state index in [1.807, 2.05) is 18.2 Å². The molecule has 1 aliphatic rings. The molecule has 1 fully saturated rings. The Morgan fingerprint density at radius 3 is 2.71 bits per heavy atom. The summed E-state index contributed by atoms with van der Waals surface area (Å²) in [6.45, 7) is 0.957. The highest BCUT2D eigenvalue weighted by molar-refractivity contribution is 5.90. The van der Waals surface area contributed by atoms with E-state index in [0.717, 1.165) is 34.8 Å². The predicted molar refractivity (Wildman–Crippen MR) is 85.3 cm³/mol. The number of anilines is 2. The molecule has 3 nitrogen and oxygen atoms in total. The Kier molecular flexibility index (Phi) is 3.60. The van der Waals surface area contributed by atoms with E-state index in [4.69, 9.17) is 11.1 Å². The van der Waals surface area contributed by atoms with Crippen LogP contribution in [0.15, 0.2) is 36.4 Å². The van der Waals surface area contributed by atoms with E-state index >= 15 is 0 Å². The quantitative estimate of drug-likeness (QED) is 0.575. The Morgan fingerprint density at radius 1 is 1.24 bits per heavy atom. The summed E-state index contributed by atoms with van der Waals surface area (Å²) >= 11 is 0.